The van der Waals surface area contributed by atoms with Crippen LogP contribution in [0.4, 0.5) is 5.69 Å². The Hall–Kier alpha value is -2.53. The maximum absolute atomic E-state index is 13.5. The molecule has 212 valence electrons. The molecule has 5 heteroatoms. The minimum atomic E-state index is -0.837. The molecular formula is C33H52N2O3. The summed E-state index contributed by atoms with van der Waals surface area (Å²) in [5, 5.41) is 15.0. The van der Waals surface area contributed by atoms with Crippen molar-refractivity contribution in [1.29, 1.82) is 0 Å². The first-order valence-electron chi connectivity index (χ1n) is 14.7. The van der Waals surface area contributed by atoms with Gasteiger partial charge in [-0.3, -0.25) is 14.6 Å². The number of aliphatic hydroxyl groups is 1. The monoisotopic (exact) mass is 524 g/mol. The van der Waals surface area contributed by atoms with Crippen LogP contribution < -0.4 is 5.32 Å². The van der Waals surface area contributed by atoms with Gasteiger partial charge in [0.1, 0.15) is 6.17 Å². The summed E-state index contributed by atoms with van der Waals surface area (Å²) in [7, 11) is 0. The van der Waals surface area contributed by atoms with Gasteiger partial charge in [-0.1, -0.05) is 84.6 Å². The summed E-state index contributed by atoms with van der Waals surface area (Å²) < 4.78 is 0. The maximum atomic E-state index is 13.5. The summed E-state index contributed by atoms with van der Waals surface area (Å²) in [6.45, 7) is 15.9. The van der Waals surface area contributed by atoms with Crippen LogP contribution in [0.3, 0.4) is 0 Å². The van der Waals surface area contributed by atoms with E-state index in [4.69, 9.17) is 4.99 Å². The van der Waals surface area contributed by atoms with Crippen LogP contribution in [-0.2, 0) is 15.2 Å². The first-order valence-corrected chi connectivity index (χ1v) is 14.7. The van der Waals surface area contributed by atoms with Crippen LogP contribution in [0.25, 0.3) is 0 Å². The Morgan fingerprint density at radius 2 is 1.58 bits per heavy atom. The lowest BCUT2D eigenvalue weighted by molar-refractivity contribution is -0.119. The van der Waals surface area contributed by atoms with Crippen molar-refractivity contribution in [1.82, 2.24) is 0 Å². The lowest BCUT2D eigenvalue weighted by Crippen LogP contribution is -2.27. The molecule has 0 saturated carbocycles. The second kappa shape index (κ2) is 17.1. The number of carbonyl (C=O) groups excluding carboxylic acids is 2. The third kappa shape index (κ3) is 9.65. The van der Waals surface area contributed by atoms with Gasteiger partial charge in [0.25, 0.3) is 0 Å². The van der Waals surface area contributed by atoms with Gasteiger partial charge >= 0.3 is 0 Å². The van der Waals surface area contributed by atoms with Crippen LogP contribution in [0.15, 0.2) is 52.6 Å². The van der Waals surface area contributed by atoms with Crippen molar-refractivity contribution in [3.05, 3.63) is 53.1 Å². The van der Waals surface area contributed by atoms with Crippen molar-refractivity contribution >= 4 is 23.0 Å². The average molecular weight is 525 g/mol. The van der Waals surface area contributed by atoms with Gasteiger partial charge in [-0.15, -0.1) is 0 Å². The lowest BCUT2D eigenvalue weighted by atomic mass is 9.84. The molecule has 0 aliphatic carbocycles. The van der Waals surface area contributed by atoms with Gasteiger partial charge < -0.3 is 10.4 Å². The third-order valence-electron chi connectivity index (χ3n) is 7.20. The average Bonchev–Trinajstić information content (AvgIpc) is 2.90. The van der Waals surface area contributed by atoms with Gasteiger partial charge in [0.2, 0.25) is 0 Å². The highest BCUT2D eigenvalue weighted by molar-refractivity contribution is 6.36. The van der Waals surface area contributed by atoms with E-state index in [9.17, 15) is 14.7 Å². The van der Waals surface area contributed by atoms with Crippen LogP contribution in [0.2, 0.25) is 0 Å². The van der Waals surface area contributed by atoms with Crippen LogP contribution in [0, 0.1) is 5.92 Å². The summed E-state index contributed by atoms with van der Waals surface area (Å²) in [5.74, 6) is -0.323. The zero-order chi connectivity index (χ0) is 28.7. The van der Waals surface area contributed by atoms with Crippen molar-refractivity contribution in [2.45, 2.75) is 125 Å². The Morgan fingerprint density at radius 3 is 2.08 bits per heavy atom. The number of benzene rings is 1. The zero-order valence-electron chi connectivity index (χ0n) is 25.2. The summed E-state index contributed by atoms with van der Waals surface area (Å²) in [6.07, 6.45) is 10.5. The van der Waals surface area contributed by atoms with Gasteiger partial charge in [0.05, 0.1) is 16.9 Å². The number of unbranched alkanes of at least 4 members (excludes halogenated alkanes) is 2. The van der Waals surface area contributed by atoms with E-state index in [2.05, 4.69) is 33.0 Å². The first kappa shape index (κ1) is 33.5. The third-order valence-corrected chi connectivity index (χ3v) is 7.20. The number of aliphatic imine (C=N–C) groups is 1. The molecule has 0 aromatic heterocycles. The van der Waals surface area contributed by atoms with Crippen molar-refractivity contribution in [3.63, 3.8) is 0 Å². The van der Waals surface area contributed by atoms with Gasteiger partial charge in [-0.25, -0.2) is 0 Å². The summed E-state index contributed by atoms with van der Waals surface area (Å²) >= 11 is 0. The summed E-state index contributed by atoms with van der Waals surface area (Å²) in [6, 6.07) is 8.01. The number of Topliss-reactive ketones (excluding diaryl/α,β-unsaturated/α-hetero) is 2. The molecule has 5 nitrogen and oxygen atoms in total. The molecule has 0 bridgehead atoms. The Kier molecular flexibility index (Phi) is 15.1. The largest absolute Gasteiger partial charge is 0.385 e. The molecule has 0 saturated heterocycles. The number of nitrogens with zero attached hydrogens (tertiary/aromatic N) is 1. The molecular weight excluding hydrogens is 472 g/mol. The van der Waals surface area contributed by atoms with Crippen LogP contribution in [0.1, 0.15) is 119 Å². The zero-order valence-corrected chi connectivity index (χ0v) is 25.2. The molecule has 38 heavy (non-hydrogen) atoms. The standard InChI is InChI=1S/C33H52N2O3/c1-9-15-21-33(38,22-16-10-2)26-19-17-20-27(23-26)34-25(8)35-31(24(7)12-4)29(14-6)32(37)28(13-5)30(36)18-11-3/h13-14,17,19-20,23-25,34,38H,9-12,15-16,18,21-22H2,1-8H3/b28-13-,29-14+,35-31-. The minimum Gasteiger partial charge on any atom is -0.385 e. The van der Waals surface area contributed by atoms with E-state index < -0.39 is 5.60 Å². The Labute approximate surface area is 231 Å². The van der Waals surface area contributed by atoms with Crippen molar-refractivity contribution in [2.75, 3.05) is 5.32 Å². The molecule has 2 atom stereocenters. The number of carbonyl (C=O) groups is 2. The number of anilines is 1. The fourth-order valence-corrected chi connectivity index (χ4v) is 4.71. The molecule has 0 radical (unpaired) electrons. The predicted molar refractivity (Wildman–Crippen MR) is 162 cm³/mol. The molecule has 1 aromatic carbocycles. The smallest absolute Gasteiger partial charge is 0.197 e. The molecule has 0 fully saturated rings. The Bertz CT molecular complexity index is 982. The molecule has 2 N–H and O–H groups in total. The van der Waals surface area contributed by atoms with Gasteiger partial charge in [0.15, 0.2) is 11.6 Å². The fraction of sp³-hybridized carbons (Fsp3) is 0.606. The van der Waals surface area contributed by atoms with Gasteiger partial charge in [-0.2, -0.15) is 0 Å². The Morgan fingerprint density at radius 1 is 0.974 bits per heavy atom. The van der Waals surface area contributed by atoms with E-state index in [-0.39, 0.29) is 29.2 Å². The molecule has 1 rings (SSSR count). The van der Waals surface area contributed by atoms with Crippen LogP contribution >= 0.6 is 0 Å². The minimum absolute atomic E-state index is 0.0493. The summed E-state index contributed by atoms with van der Waals surface area (Å²) in [5.41, 5.74) is 2.42. The number of ketones is 2. The fourth-order valence-electron chi connectivity index (χ4n) is 4.71. The number of hydrogen-bond donors (Lipinski definition) is 2. The molecule has 0 aliphatic rings. The topological polar surface area (TPSA) is 78.8 Å². The van der Waals surface area contributed by atoms with E-state index in [1.807, 2.05) is 45.0 Å². The van der Waals surface area contributed by atoms with Crippen molar-refractivity contribution < 1.29 is 14.7 Å². The highest BCUT2D eigenvalue weighted by atomic mass is 16.3. The van der Waals surface area contributed by atoms with E-state index in [0.29, 0.717) is 24.1 Å². The van der Waals surface area contributed by atoms with Gasteiger partial charge in [0, 0.05) is 17.7 Å². The second-order valence-electron chi connectivity index (χ2n) is 10.4. The molecule has 0 aliphatic heterocycles. The first-order chi connectivity index (χ1) is 18.1. The Balaban J connectivity index is 3.32. The normalized spacial score (nSPS) is 14.8. The molecule has 0 amide bonds. The molecule has 0 spiro atoms. The lowest BCUT2D eigenvalue weighted by Gasteiger charge is -2.29. The van der Waals surface area contributed by atoms with Gasteiger partial charge in [-0.05, 0) is 70.1 Å². The van der Waals surface area contributed by atoms with Crippen molar-refractivity contribution in [3.8, 4) is 0 Å². The summed E-state index contributed by atoms with van der Waals surface area (Å²) in [4.78, 5) is 31.0. The molecule has 0 heterocycles. The number of rotatable bonds is 18. The quantitative estimate of drug-likeness (QED) is 0.0875. The molecule has 1 aromatic rings. The SMILES string of the molecule is C/C=C(/C(=O)CCC)C(=O)C(=C/C)/C(=N\C(C)Nc1cccc(C(O)(CCCC)CCCC)c1)C(C)CC. The van der Waals surface area contributed by atoms with Crippen LogP contribution in [0.5, 0.6) is 0 Å². The van der Waals surface area contributed by atoms with E-state index in [1.165, 1.54) is 0 Å². The highest BCUT2D eigenvalue weighted by Gasteiger charge is 2.29. The van der Waals surface area contributed by atoms with Crippen LogP contribution in [-0.4, -0.2) is 28.6 Å². The van der Waals surface area contributed by atoms with E-state index >= 15 is 0 Å². The highest BCUT2D eigenvalue weighted by Crippen LogP contribution is 2.34. The predicted octanol–water partition coefficient (Wildman–Crippen LogP) is 8.33. The number of nitrogens with one attached hydrogen (secondary N) is 1. The van der Waals surface area contributed by atoms with E-state index in [1.54, 1.807) is 19.1 Å². The molecule has 2 unspecified atom stereocenters. The number of hydrogen-bond acceptors (Lipinski definition) is 5. The van der Waals surface area contributed by atoms with Crippen molar-refractivity contribution in [2.24, 2.45) is 10.9 Å². The van der Waals surface area contributed by atoms with E-state index in [0.717, 1.165) is 56.2 Å². The second-order valence-corrected chi connectivity index (χ2v) is 10.4. The maximum Gasteiger partial charge on any atom is 0.197 e. The number of allylic oxidation sites excluding steroid dienone is 4.